The second-order valence-electron chi connectivity index (χ2n) is 7.49. The number of likely N-dealkylation sites (tertiary alicyclic amines) is 1. The average molecular weight is 389 g/mol. The van der Waals surface area contributed by atoms with Crippen molar-refractivity contribution < 1.29 is 4.79 Å². The number of pyridine rings is 1. The highest BCUT2D eigenvalue weighted by Gasteiger charge is 2.15. The highest BCUT2D eigenvalue weighted by Crippen LogP contribution is 2.30. The monoisotopic (exact) mass is 389 g/mol. The summed E-state index contributed by atoms with van der Waals surface area (Å²) < 4.78 is 1.62. The van der Waals surface area contributed by atoms with Gasteiger partial charge in [-0.25, -0.2) is 4.98 Å². The van der Waals surface area contributed by atoms with Gasteiger partial charge in [0.15, 0.2) is 0 Å². The first-order chi connectivity index (χ1) is 14.3. The number of aromatic amines is 1. The number of aromatic nitrogens is 5. The van der Waals surface area contributed by atoms with Crippen LogP contribution in [0.2, 0.25) is 0 Å². The molecular formula is C21H23N7O. The smallest absolute Gasteiger partial charge is 0.234 e. The van der Waals surface area contributed by atoms with Gasteiger partial charge in [-0.3, -0.25) is 9.69 Å². The number of nitrogens with one attached hydrogen (secondary N) is 2. The molecular weight excluding hydrogens is 366 g/mol. The molecule has 0 aromatic carbocycles. The van der Waals surface area contributed by atoms with E-state index in [1.165, 1.54) is 19.3 Å². The van der Waals surface area contributed by atoms with Crippen LogP contribution in [0.3, 0.4) is 0 Å². The van der Waals surface area contributed by atoms with E-state index in [2.05, 4.69) is 36.4 Å². The lowest BCUT2D eigenvalue weighted by Gasteiger charge is -2.25. The topological polar surface area (TPSA) is 91.2 Å². The van der Waals surface area contributed by atoms with Crippen molar-refractivity contribution in [2.75, 3.05) is 19.6 Å². The Morgan fingerprint density at radius 2 is 2.00 bits per heavy atom. The predicted molar refractivity (Wildman–Crippen MR) is 110 cm³/mol. The van der Waals surface area contributed by atoms with Crippen molar-refractivity contribution in [2.24, 2.45) is 0 Å². The summed E-state index contributed by atoms with van der Waals surface area (Å²) in [5, 5.41) is 12.6. The molecule has 4 aromatic rings. The van der Waals surface area contributed by atoms with E-state index in [-0.39, 0.29) is 5.91 Å². The minimum Gasteiger partial charge on any atom is -0.349 e. The number of piperidine rings is 1. The standard InChI is InChI=1S/C21H23N7O/c29-20(14-27-9-2-1-3-10-27)23-12-15-11-17-16(6-8-22-21(17)26-15)18-13-25-28-19(18)5-4-7-24-28/h4-8,11,13H,1-3,9-10,12,14H2,(H,22,26)(H,23,29). The van der Waals surface area contributed by atoms with E-state index >= 15 is 0 Å². The van der Waals surface area contributed by atoms with Gasteiger partial charge in [-0.2, -0.15) is 14.8 Å². The van der Waals surface area contributed by atoms with E-state index in [4.69, 9.17) is 0 Å². The molecule has 0 unspecified atom stereocenters. The summed E-state index contributed by atoms with van der Waals surface area (Å²) in [7, 11) is 0. The molecule has 0 saturated carbocycles. The third kappa shape index (κ3) is 3.58. The lowest BCUT2D eigenvalue weighted by molar-refractivity contribution is -0.122. The Balaban J connectivity index is 1.35. The van der Waals surface area contributed by atoms with E-state index in [1.807, 2.05) is 24.4 Å². The number of carbonyl (C=O) groups excluding carboxylic acids is 1. The number of amides is 1. The van der Waals surface area contributed by atoms with Gasteiger partial charge in [-0.15, -0.1) is 0 Å². The van der Waals surface area contributed by atoms with E-state index in [0.29, 0.717) is 13.1 Å². The summed E-state index contributed by atoms with van der Waals surface area (Å²) in [6, 6.07) is 7.94. The van der Waals surface area contributed by atoms with Gasteiger partial charge in [0.05, 0.1) is 24.8 Å². The first-order valence-electron chi connectivity index (χ1n) is 10.0. The average Bonchev–Trinajstić information content (AvgIpc) is 3.37. The Bertz CT molecular complexity index is 1160. The maximum atomic E-state index is 12.3. The summed E-state index contributed by atoms with van der Waals surface area (Å²) >= 11 is 0. The number of H-pyrrole nitrogens is 1. The van der Waals surface area contributed by atoms with Crippen molar-refractivity contribution in [3.63, 3.8) is 0 Å². The van der Waals surface area contributed by atoms with Crippen LogP contribution in [0.25, 0.3) is 27.7 Å². The van der Waals surface area contributed by atoms with Crippen LogP contribution in [0, 0.1) is 0 Å². The van der Waals surface area contributed by atoms with Gasteiger partial charge in [0, 0.05) is 29.0 Å². The van der Waals surface area contributed by atoms with Crippen LogP contribution in [0.4, 0.5) is 0 Å². The van der Waals surface area contributed by atoms with Crippen LogP contribution in [0.5, 0.6) is 0 Å². The summed E-state index contributed by atoms with van der Waals surface area (Å²) in [4.78, 5) is 22.3. The van der Waals surface area contributed by atoms with Gasteiger partial charge in [-0.1, -0.05) is 6.42 Å². The summed E-state index contributed by atoms with van der Waals surface area (Å²) in [6.07, 6.45) is 8.96. The predicted octanol–water partition coefficient (Wildman–Crippen LogP) is 2.37. The highest BCUT2D eigenvalue weighted by atomic mass is 16.2. The van der Waals surface area contributed by atoms with Crippen LogP contribution >= 0.6 is 0 Å². The number of carbonyl (C=O) groups is 1. The first kappa shape index (κ1) is 17.8. The van der Waals surface area contributed by atoms with E-state index in [0.717, 1.165) is 46.5 Å². The third-order valence-corrected chi connectivity index (χ3v) is 5.47. The third-order valence-electron chi connectivity index (χ3n) is 5.47. The lowest BCUT2D eigenvalue weighted by Crippen LogP contribution is -2.39. The van der Waals surface area contributed by atoms with Gasteiger partial charge in [0.25, 0.3) is 0 Å². The molecule has 0 bridgehead atoms. The van der Waals surface area contributed by atoms with E-state index < -0.39 is 0 Å². The fourth-order valence-corrected chi connectivity index (χ4v) is 4.02. The molecule has 29 heavy (non-hydrogen) atoms. The molecule has 1 aliphatic rings. The Labute approximate surface area is 167 Å². The first-order valence-corrected chi connectivity index (χ1v) is 10.0. The zero-order valence-corrected chi connectivity index (χ0v) is 16.1. The van der Waals surface area contributed by atoms with Crippen molar-refractivity contribution in [3.8, 4) is 11.1 Å². The minimum absolute atomic E-state index is 0.0624. The molecule has 148 valence electrons. The number of hydrogen-bond acceptors (Lipinski definition) is 5. The Hall–Kier alpha value is -3.26. The Kier molecular flexibility index (Phi) is 4.69. The van der Waals surface area contributed by atoms with E-state index in [1.54, 1.807) is 17.0 Å². The molecule has 5 rings (SSSR count). The molecule has 0 atom stereocenters. The van der Waals surface area contributed by atoms with Crippen molar-refractivity contribution in [3.05, 3.63) is 48.5 Å². The maximum absolute atomic E-state index is 12.3. The zero-order chi connectivity index (χ0) is 19.6. The molecule has 1 fully saturated rings. The van der Waals surface area contributed by atoms with Crippen molar-refractivity contribution >= 4 is 22.5 Å². The fraction of sp³-hybridized carbons (Fsp3) is 0.333. The van der Waals surface area contributed by atoms with Gasteiger partial charge >= 0.3 is 0 Å². The molecule has 1 aliphatic heterocycles. The van der Waals surface area contributed by atoms with Crippen LogP contribution in [0.1, 0.15) is 25.0 Å². The highest BCUT2D eigenvalue weighted by molar-refractivity contribution is 5.97. The van der Waals surface area contributed by atoms with Gasteiger partial charge in [0.1, 0.15) is 5.65 Å². The minimum atomic E-state index is 0.0624. The summed E-state index contributed by atoms with van der Waals surface area (Å²) in [6.45, 7) is 2.96. The number of rotatable bonds is 5. The van der Waals surface area contributed by atoms with Gasteiger partial charge in [-0.05, 0) is 55.8 Å². The van der Waals surface area contributed by atoms with Crippen molar-refractivity contribution in [1.29, 1.82) is 0 Å². The lowest BCUT2D eigenvalue weighted by atomic mass is 10.1. The number of hydrogen-bond donors (Lipinski definition) is 2. The van der Waals surface area contributed by atoms with Gasteiger partial charge < -0.3 is 10.3 Å². The second-order valence-corrected chi connectivity index (χ2v) is 7.49. The quantitative estimate of drug-likeness (QED) is 0.547. The normalized spacial score (nSPS) is 15.2. The Morgan fingerprint density at radius 1 is 1.10 bits per heavy atom. The van der Waals surface area contributed by atoms with Crippen LogP contribution in [-0.2, 0) is 11.3 Å². The van der Waals surface area contributed by atoms with Crippen LogP contribution in [-0.4, -0.2) is 55.2 Å². The molecule has 0 aliphatic carbocycles. The molecule has 1 saturated heterocycles. The SMILES string of the molecule is O=C(CN1CCCCC1)NCc1cc2c(-c3cnn4ncccc34)ccnc2[nH]1. The molecule has 4 aromatic heterocycles. The summed E-state index contributed by atoms with van der Waals surface area (Å²) in [5.74, 6) is 0.0624. The molecule has 8 nitrogen and oxygen atoms in total. The molecule has 8 heteroatoms. The molecule has 2 N–H and O–H groups in total. The van der Waals surface area contributed by atoms with E-state index in [9.17, 15) is 4.79 Å². The maximum Gasteiger partial charge on any atom is 0.234 e. The Morgan fingerprint density at radius 3 is 2.90 bits per heavy atom. The fourth-order valence-electron chi connectivity index (χ4n) is 4.02. The van der Waals surface area contributed by atoms with Crippen LogP contribution < -0.4 is 5.32 Å². The number of nitrogens with zero attached hydrogens (tertiary/aromatic N) is 5. The van der Waals surface area contributed by atoms with Crippen LogP contribution in [0.15, 0.2) is 42.9 Å². The molecule has 0 radical (unpaired) electrons. The van der Waals surface area contributed by atoms with Gasteiger partial charge in [0.2, 0.25) is 5.91 Å². The van der Waals surface area contributed by atoms with Crippen molar-refractivity contribution in [1.82, 2.24) is 35.0 Å². The zero-order valence-electron chi connectivity index (χ0n) is 16.1. The summed E-state index contributed by atoms with van der Waals surface area (Å²) in [5.41, 5.74) is 4.72. The number of fused-ring (bicyclic) bond motifs is 2. The largest absolute Gasteiger partial charge is 0.349 e. The molecule has 0 spiro atoms. The molecule has 1 amide bonds. The van der Waals surface area contributed by atoms with Crippen molar-refractivity contribution in [2.45, 2.75) is 25.8 Å². The second kappa shape index (κ2) is 7.63. The molecule has 5 heterocycles.